The molecule has 0 amide bonds. The second kappa shape index (κ2) is 6.53. The predicted molar refractivity (Wildman–Crippen MR) is 84.9 cm³/mol. The van der Waals surface area contributed by atoms with Gasteiger partial charge in [-0.25, -0.2) is 0 Å². The molecule has 0 unspecified atom stereocenters. The number of nitrogen functional groups attached to an aromatic ring is 1. The summed E-state index contributed by atoms with van der Waals surface area (Å²) in [4.78, 5) is 0. The fraction of sp³-hybridized carbons (Fsp3) is 0.333. The standard InChI is InChI=1S/C18H21NO2/c19-17-7-1-2-8-18(17)21-12-4-11-20-16-10-9-14-5-3-6-15(14)13-16/h1-2,7-10,13H,3-6,11-12,19H2. The summed E-state index contributed by atoms with van der Waals surface area (Å²) in [6, 6.07) is 14.0. The molecule has 0 saturated heterocycles. The van der Waals surface area contributed by atoms with E-state index in [4.69, 9.17) is 15.2 Å². The average molecular weight is 283 g/mol. The van der Waals surface area contributed by atoms with E-state index in [0.717, 1.165) is 17.9 Å². The molecule has 0 spiro atoms. The van der Waals surface area contributed by atoms with Gasteiger partial charge < -0.3 is 15.2 Å². The van der Waals surface area contributed by atoms with Gasteiger partial charge in [0.15, 0.2) is 0 Å². The number of nitrogens with two attached hydrogens (primary N) is 1. The van der Waals surface area contributed by atoms with Crippen LogP contribution in [0.25, 0.3) is 0 Å². The number of rotatable bonds is 6. The van der Waals surface area contributed by atoms with Crippen LogP contribution in [0.5, 0.6) is 11.5 Å². The predicted octanol–water partition coefficient (Wildman–Crippen LogP) is 3.61. The van der Waals surface area contributed by atoms with Crippen LogP contribution in [0, 0.1) is 0 Å². The normalized spacial score (nSPS) is 13.0. The molecule has 2 aromatic carbocycles. The fourth-order valence-corrected chi connectivity index (χ4v) is 2.68. The Balaban J connectivity index is 1.41. The molecule has 0 aromatic heterocycles. The van der Waals surface area contributed by atoms with Gasteiger partial charge in [-0.05, 0) is 54.7 Å². The van der Waals surface area contributed by atoms with Crippen LogP contribution in [-0.2, 0) is 12.8 Å². The Labute approximate surface area is 125 Å². The Morgan fingerprint density at radius 1 is 0.905 bits per heavy atom. The van der Waals surface area contributed by atoms with Gasteiger partial charge in [0, 0.05) is 6.42 Å². The first-order chi connectivity index (χ1) is 10.3. The number of anilines is 1. The first kappa shape index (κ1) is 13.8. The molecule has 3 heteroatoms. The molecule has 1 aliphatic rings. The summed E-state index contributed by atoms with van der Waals surface area (Å²) in [6.45, 7) is 1.27. The van der Waals surface area contributed by atoms with Gasteiger partial charge in [-0.15, -0.1) is 0 Å². The fourth-order valence-electron chi connectivity index (χ4n) is 2.68. The minimum absolute atomic E-state index is 0.610. The molecule has 3 nitrogen and oxygen atoms in total. The van der Waals surface area contributed by atoms with Crippen molar-refractivity contribution >= 4 is 5.69 Å². The van der Waals surface area contributed by atoms with E-state index in [-0.39, 0.29) is 0 Å². The second-order valence-electron chi connectivity index (χ2n) is 5.37. The smallest absolute Gasteiger partial charge is 0.142 e. The van der Waals surface area contributed by atoms with E-state index in [1.165, 1.54) is 30.4 Å². The van der Waals surface area contributed by atoms with Crippen LogP contribution in [0.4, 0.5) is 5.69 Å². The molecule has 1 aliphatic carbocycles. The van der Waals surface area contributed by atoms with Crippen molar-refractivity contribution in [3.63, 3.8) is 0 Å². The maximum Gasteiger partial charge on any atom is 0.142 e. The van der Waals surface area contributed by atoms with E-state index in [2.05, 4.69) is 18.2 Å². The Kier molecular flexibility index (Phi) is 4.29. The summed E-state index contributed by atoms with van der Waals surface area (Å²) in [6.07, 6.45) is 4.50. The summed E-state index contributed by atoms with van der Waals surface area (Å²) >= 11 is 0. The topological polar surface area (TPSA) is 44.5 Å². The molecular weight excluding hydrogens is 262 g/mol. The average Bonchev–Trinajstić information content (AvgIpc) is 2.96. The van der Waals surface area contributed by atoms with E-state index in [9.17, 15) is 0 Å². The SMILES string of the molecule is Nc1ccccc1OCCCOc1ccc2c(c1)CCC2. The lowest BCUT2D eigenvalue weighted by Crippen LogP contribution is -2.06. The largest absolute Gasteiger partial charge is 0.493 e. The van der Waals surface area contributed by atoms with E-state index < -0.39 is 0 Å². The van der Waals surface area contributed by atoms with Gasteiger partial charge in [0.25, 0.3) is 0 Å². The monoisotopic (exact) mass is 283 g/mol. The molecule has 2 aromatic rings. The van der Waals surface area contributed by atoms with Gasteiger partial charge in [-0.3, -0.25) is 0 Å². The molecule has 0 bridgehead atoms. The summed E-state index contributed by atoms with van der Waals surface area (Å²) in [5.41, 5.74) is 9.42. The van der Waals surface area contributed by atoms with E-state index in [1.54, 1.807) is 0 Å². The lowest BCUT2D eigenvalue weighted by molar-refractivity contribution is 0.248. The van der Waals surface area contributed by atoms with Crippen LogP contribution in [0.2, 0.25) is 0 Å². The number of ether oxygens (including phenoxy) is 2. The highest BCUT2D eigenvalue weighted by Gasteiger charge is 2.10. The minimum Gasteiger partial charge on any atom is -0.493 e. The van der Waals surface area contributed by atoms with Crippen molar-refractivity contribution in [2.75, 3.05) is 18.9 Å². The summed E-state index contributed by atoms with van der Waals surface area (Å²) < 4.78 is 11.4. The van der Waals surface area contributed by atoms with Gasteiger partial charge in [0.2, 0.25) is 0 Å². The van der Waals surface area contributed by atoms with Crippen molar-refractivity contribution in [2.24, 2.45) is 0 Å². The number of hydrogen-bond donors (Lipinski definition) is 1. The number of aryl methyl sites for hydroxylation is 2. The maximum atomic E-state index is 5.82. The zero-order chi connectivity index (χ0) is 14.5. The molecule has 0 saturated carbocycles. The highest BCUT2D eigenvalue weighted by atomic mass is 16.5. The van der Waals surface area contributed by atoms with E-state index in [1.807, 2.05) is 24.3 Å². The Morgan fingerprint density at radius 2 is 1.71 bits per heavy atom. The number of fused-ring (bicyclic) bond motifs is 1. The number of hydrogen-bond acceptors (Lipinski definition) is 3. The van der Waals surface area contributed by atoms with Gasteiger partial charge in [0.1, 0.15) is 11.5 Å². The highest BCUT2D eigenvalue weighted by Crippen LogP contribution is 2.26. The maximum absolute atomic E-state index is 5.82. The van der Waals surface area contributed by atoms with Gasteiger partial charge >= 0.3 is 0 Å². The zero-order valence-corrected chi connectivity index (χ0v) is 12.2. The summed E-state index contributed by atoms with van der Waals surface area (Å²) in [5.74, 6) is 1.71. The molecule has 0 radical (unpaired) electrons. The van der Waals surface area contributed by atoms with Crippen molar-refractivity contribution < 1.29 is 9.47 Å². The number of benzene rings is 2. The van der Waals surface area contributed by atoms with E-state index >= 15 is 0 Å². The molecule has 0 fully saturated rings. The Morgan fingerprint density at radius 3 is 2.62 bits per heavy atom. The van der Waals surface area contributed by atoms with Crippen molar-refractivity contribution in [3.05, 3.63) is 53.6 Å². The first-order valence-electron chi connectivity index (χ1n) is 7.55. The molecule has 3 rings (SSSR count). The Bertz CT molecular complexity index is 610. The third-order valence-electron chi connectivity index (χ3n) is 3.80. The van der Waals surface area contributed by atoms with Crippen LogP contribution in [0.3, 0.4) is 0 Å². The molecule has 0 heterocycles. The second-order valence-corrected chi connectivity index (χ2v) is 5.37. The van der Waals surface area contributed by atoms with E-state index in [0.29, 0.717) is 18.9 Å². The van der Waals surface area contributed by atoms with Crippen LogP contribution in [-0.4, -0.2) is 13.2 Å². The van der Waals surface area contributed by atoms with Crippen LogP contribution in [0.1, 0.15) is 24.0 Å². The third kappa shape index (κ3) is 3.48. The lowest BCUT2D eigenvalue weighted by atomic mass is 10.1. The zero-order valence-electron chi connectivity index (χ0n) is 12.2. The van der Waals surface area contributed by atoms with Crippen molar-refractivity contribution in [3.8, 4) is 11.5 Å². The molecule has 0 aliphatic heterocycles. The summed E-state index contributed by atoms with van der Waals surface area (Å²) in [5, 5.41) is 0. The van der Waals surface area contributed by atoms with Gasteiger partial charge in [0.05, 0.1) is 18.9 Å². The number of para-hydroxylation sites is 2. The van der Waals surface area contributed by atoms with Crippen molar-refractivity contribution in [1.82, 2.24) is 0 Å². The molecule has 0 atom stereocenters. The van der Waals surface area contributed by atoms with Gasteiger partial charge in [-0.1, -0.05) is 18.2 Å². The van der Waals surface area contributed by atoms with Crippen molar-refractivity contribution in [1.29, 1.82) is 0 Å². The Hall–Kier alpha value is -2.16. The third-order valence-corrected chi connectivity index (χ3v) is 3.80. The van der Waals surface area contributed by atoms with Crippen molar-refractivity contribution in [2.45, 2.75) is 25.7 Å². The molecule has 2 N–H and O–H groups in total. The van der Waals surface area contributed by atoms with Crippen LogP contribution >= 0.6 is 0 Å². The quantitative estimate of drug-likeness (QED) is 0.650. The van der Waals surface area contributed by atoms with Crippen LogP contribution < -0.4 is 15.2 Å². The highest BCUT2D eigenvalue weighted by molar-refractivity contribution is 5.51. The summed E-state index contributed by atoms with van der Waals surface area (Å²) in [7, 11) is 0. The van der Waals surface area contributed by atoms with Gasteiger partial charge in [-0.2, -0.15) is 0 Å². The molecule has 21 heavy (non-hydrogen) atoms. The minimum atomic E-state index is 0.610. The molecular formula is C18H21NO2. The first-order valence-corrected chi connectivity index (χ1v) is 7.55. The van der Waals surface area contributed by atoms with Crippen LogP contribution in [0.15, 0.2) is 42.5 Å². The molecule has 110 valence electrons. The lowest BCUT2D eigenvalue weighted by Gasteiger charge is -2.10.